The lowest BCUT2D eigenvalue weighted by atomic mass is 9.79. The number of carbonyl (C=O) groups excluding carboxylic acids is 1. The van der Waals surface area contributed by atoms with Crippen LogP contribution in [0, 0.1) is 6.92 Å². The summed E-state index contributed by atoms with van der Waals surface area (Å²) in [4.78, 5) is 23.9. The van der Waals surface area contributed by atoms with E-state index >= 15 is 0 Å². The number of piperidine rings is 1. The van der Waals surface area contributed by atoms with Gasteiger partial charge in [-0.05, 0) is 38.0 Å². The van der Waals surface area contributed by atoms with Crippen molar-refractivity contribution in [2.24, 2.45) is 0 Å². The molecule has 2 aliphatic rings. The Morgan fingerprint density at radius 2 is 1.72 bits per heavy atom. The molecule has 0 unspecified atom stereocenters. The fourth-order valence-electron chi connectivity index (χ4n) is 4.44. The van der Waals surface area contributed by atoms with E-state index in [0.717, 1.165) is 44.2 Å². The summed E-state index contributed by atoms with van der Waals surface area (Å²) in [7, 11) is 0. The lowest BCUT2D eigenvalue weighted by molar-refractivity contribution is -0.139. The molecule has 29 heavy (non-hydrogen) atoms. The second-order valence-corrected chi connectivity index (χ2v) is 8.27. The molecule has 2 fully saturated rings. The zero-order valence-electron chi connectivity index (χ0n) is 17.1. The van der Waals surface area contributed by atoms with E-state index in [9.17, 15) is 4.79 Å². The number of amides is 1. The van der Waals surface area contributed by atoms with Crippen molar-refractivity contribution in [1.29, 1.82) is 0 Å². The maximum atomic E-state index is 13.6. The maximum Gasteiger partial charge on any atom is 0.316 e. The number of likely N-dealkylation sites (tertiary alicyclic amines) is 1. The van der Waals surface area contributed by atoms with Crippen LogP contribution in [0.4, 0.5) is 5.69 Å². The van der Waals surface area contributed by atoms with Crippen LogP contribution in [0.25, 0.3) is 0 Å². The second kappa shape index (κ2) is 8.80. The molecule has 6 heteroatoms. The van der Waals surface area contributed by atoms with Gasteiger partial charge in [-0.1, -0.05) is 37.0 Å². The van der Waals surface area contributed by atoms with Gasteiger partial charge < -0.3 is 15.0 Å². The number of hydrogen-bond donors (Lipinski definition) is 1. The van der Waals surface area contributed by atoms with Gasteiger partial charge in [0.15, 0.2) is 0 Å². The molecule has 2 aromatic rings. The Morgan fingerprint density at radius 3 is 2.38 bits per heavy atom. The number of ether oxygens (including phenoxy) is 1. The molecular formula is C23H30N4O2. The van der Waals surface area contributed by atoms with Gasteiger partial charge in [0, 0.05) is 44.0 Å². The van der Waals surface area contributed by atoms with Gasteiger partial charge in [-0.15, -0.1) is 0 Å². The van der Waals surface area contributed by atoms with E-state index in [4.69, 9.17) is 4.74 Å². The van der Waals surface area contributed by atoms with Crippen molar-refractivity contribution in [3.8, 4) is 6.01 Å². The highest BCUT2D eigenvalue weighted by Crippen LogP contribution is 2.34. The Hall–Kier alpha value is -2.63. The summed E-state index contributed by atoms with van der Waals surface area (Å²) < 4.78 is 5.89. The number of anilines is 1. The van der Waals surface area contributed by atoms with Gasteiger partial charge in [0.25, 0.3) is 0 Å². The Labute approximate surface area is 172 Å². The van der Waals surface area contributed by atoms with Crippen molar-refractivity contribution in [3.05, 3.63) is 48.3 Å². The summed E-state index contributed by atoms with van der Waals surface area (Å²) in [5.74, 6) is 0.243. The van der Waals surface area contributed by atoms with Crippen molar-refractivity contribution < 1.29 is 9.53 Å². The Morgan fingerprint density at radius 1 is 1.07 bits per heavy atom. The highest BCUT2D eigenvalue weighted by atomic mass is 16.5. The third-order valence-corrected chi connectivity index (χ3v) is 6.10. The van der Waals surface area contributed by atoms with Gasteiger partial charge in [-0.3, -0.25) is 4.79 Å². The Bertz CT molecular complexity index is 795. The summed E-state index contributed by atoms with van der Waals surface area (Å²) in [6.07, 6.45) is 10.2. The SMILES string of the molecule is Cc1ccc(NC2(C(=O)N3CCC(Oc4ncccn4)CC3)CCCCC2)cc1. The standard InChI is InChI=1S/C23H30N4O2/c1-18-6-8-19(9-7-18)26-23(12-3-2-4-13-23)21(28)27-16-10-20(11-17-27)29-22-24-14-5-15-25-22/h5-9,14-15,20,26H,2-4,10-13,16-17H2,1H3. The van der Waals surface area contributed by atoms with E-state index in [1.54, 1.807) is 18.5 Å². The van der Waals surface area contributed by atoms with E-state index in [2.05, 4.69) is 46.5 Å². The molecule has 1 saturated heterocycles. The van der Waals surface area contributed by atoms with Crippen LogP contribution >= 0.6 is 0 Å². The Balaban J connectivity index is 1.41. The largest absolute Gasteiger partial charge is 0.460 e. The molecule has 0 spiro atoms. The van der Waals surface area contributed by atoms with Gasteiger partial charge in [-0.25, -0.2) is 9.97 Å². The molecule has 1 aromatic carbocycles. The van der Waals surface area contributed by atoms with Crippen molar-refractivity contribution in [3.63, 3.8) is 0 Å². The van der Waals surface area contributed by atoms with Gasteiger partial charge in [0.2, 0.25) is 5.91 Å². The molecule has 1 amide bonds. The Kier molecular flexibility index (Phi) is 5.97. The average molecular weight is 395 g/mol. The number of carbonyl (C=O) groups is 1. The summed E-state index contributed by atoms with van der Waals surface area (Å²) in [5.41, 5.74) is 1.78. The lowest BCUT2D eigenvalue weighted by Crippen LogP contribution is -2.57. The first-order valence-corrected chi connectivity index (χ1v) is 10.7. The van der Waals surface area contributed by atoms with E-state index in [0.29, 0.717) is 19.1 Å². The van der Waals surface area contributed by atoms with Crippen LogP contribution in [0.1, 0.15) is 50.5 Å². The number of nitrogens with zero attached hydrogens (tertiary/aromatic N) is 3. The first-order valence-electron chi connectivity index (χ1n) is 10.7. The maximum absolute atomic E-state index is 13.6. The summed E-state index contributed by atoms with van der Waals surface area (Å²) in [6, 6.07) is 10.5. The van der Waals surface area contributed by atoms with Gasteiger partial charge in [-0.2, -0.15) is 0 Å². The van der Waals surface area contributed by atoms with Gasteiger partial charge in [0.1, 0.15) is 11.6 Å². The molecular weight excluding hydrogens is 364 g/mol. The van der Waals surface area contributed by atoms with Crippen LogP contribution < -0.4 is 10.1 Å². The summed E-state index contributed by atoms with van der Waals surface area (Å²) >= 11 is 0. The molecule has 0 atom stereocenters. The van der Waals surface area contributed by atoms with Gasteiger partial charge in [0.05, 0.1) is 0 Å². The molecule has 2 heterocycles. The second-order valence-electron chi connectivity index (χ2n) is 8.27. The number of benzene rings is 1. The summed E-state index contributed by atoms with van der Waals surface area (Å²) in [5, 5.41) is 3.63. The molecule has 1 saturated carbocycles. The number of rotatable bonds is 5. The number of nitrogens with one attached hydrogen (secondary N) is 1. The monoisotopic (exact) mass is 394 g/mol. The predicted molar refractivity (Wildman–Crippen MR) is 113 cm³/mol. The highest BCUT2D eigenvalue weighted by Gasteiger charge is 2.43. The van der Waals surface area contributed by atoms with Crippen molar-refractivity contribution >= 4 is 11.6 Å². The van der Waals surface area contributed by atoms with E-state index in [1.165, 1.54) is 12.0 Å². The molecule has 0 bridgehead atoms. The zero-order valence-corrected chi connectivity index (χ0v) is 17.1. The lowest BCUT2D eigenvalue weighted by Gasteiger charge is -2.43. The molecule has 4 rings (SSSR count). The first kappa shape index (κ1) is 19.7. The summed E-state index contributed by atoms with van der Waals surface area (Å²) in [6.45, 7) is 3.51. The van der Waals surface area contributed by atoms with E-state index in [1.807, 2.05) is 4.90 Å². The van der Waals surface area contributed by atoms with Crippen molar-refractivity contribution in [2.45, 2.75) is 63.5 Å². The molecule has 1 aromatic heterocycles. The third kappa shape index (κ3) is 4.69. The normalized spacial score (nSPS) is 19.6. The first-order chi connectivity index (χ1) is 14.1. The predicted octanol–water partition coefficient (Wildman–Crippen LogP) is 3.97. The molecule has 154 valence electrons. The van der Waals surface area contributed by atoms with Crippen molar-refractivity contribution in [2.75, 3.05) is 18.4 Å². The quantitative estimate of drug-likeness (QED) is 0.831. The topological polar surface area (TPSA) is 67.4 Å². The highest BCUT2D eigenvalue weighted by molar-refractivity contribution is 5.89. The minimum atomic E-state index is -0.482. The fraction of sp³-hybridized carbons (Fsp3) is 0.522. The molecule has 6 nitrogen and oxygen atoms in total. The smallest absolute Gasteiger partial charge is 0.316 e. The van der Waals surface area contributed by atoms with E-state index in [-0.39, 0.29) is 12.0 Å². The third-order valence-electron chi connectivity index (χ3n) is 6.10. The van der Waals surface area contributed by atoms with Crippen molar-refractivity contribution in [1.82, 2.24) is 14.9 Å². The van der Waals surface area contributed by atoms with Crippen LogP contribution in [0.5, 0.6) is 6.01 Å². The molecule has 1 aliphatic carbocycles. The fourth-order valence-corrected chi connectivity index (χ4v) is 4.44. The van der Waals surface area contributed by atoms with Crippen LogP contribution in [0.15, 0.2) is 42.7 Å². The van der Waals surface area contributed by atoms with Crippen LogP contribution in [0.3, 0.4) is 0 Å². The zero-order chi connectivity index (χ0) is 20.1. The minimum absolute atomic E-state index is 0.0637. The minimum Gasteiger partial charge on any atom is -0.460 e. The van der Waals surface area contributed by atoms with Crippen LogP contribution in [-0.2, 0) is 4.79 Å². The molecule has 1 N–H and O–H groups in total. The molecule has 0 radical (unpaired) electrons. The number of aryl methyl sites for hydroxylation is 1. The van der Waals surface area contributed by atoms with Crippen LogP contribution in [-0.4, -0.2) is 45.5 Å². The van der Waals surface area contributed by atoms with E-state index < -0.39 is 5.54 Å². The molecule has 1 aliphatic heterocycles. The average Bonchev–Trinajstić information content (AvgIpc) is 2.77. The van der Waals surface area contributed by atoms with Crippen LogP contribution in [0.2, 0.25) is 0 Å². The van der Waals surface area contributed by atoms with Gasteiger partial charge >= 0.3 is 6.01 Å². The number of hydrogen-bond acceptors (Lipinski definition) is 5. The number of aromatic nitrogens is 2.